The van der Waals surface area contributed by atoms with Crippen LogP contribution in [0.1, 0.15) is 34.7 Å². The molecule has 0 amide bonds. The van der Waals surface area contributed by atoms with Crippen molar-refractivity contribution in [2.45, 2.75) is 40.4 Å². The van der Waals surface area contributed by atoms with Gasteiger partial charge in [-0.25, -0.2) is 0 Å². The van der Waals surface area contributed by atoms with Crippen LogP contribution < -0.4 is 14.8 Å². The number of ketones is 1. The third-order valence-electron chi connectivity index (χ3n) is 5.97. The van der Waals surface area contributed by atoms with E-state index in [2.05, 4.69) is 5.32 Å². The first-order valence-corrected chi connectivity index (χ1v) is 12.5. The number of hydrogen-bond acceptors (Lipinski definition) is 4. The summed E-state index contributed by atoms with van der Waals surface area (Å²) in [4.78, 5) is 13.1. The average molecular weight is 492 g/mol. The summed E-state index contributed by atoms with van der Waals surface area (Å²) in [5, 5.41) is 3.29. The van der Waals surface area contributed by atoms with E-state index in [4.69, 9.17) is 9.47 Å². The van der Waals surface area contributed by atoms with Gasteiger partial charge >= 0.3 is 0 Å². The van der Waals surface area contributed by atoms with Crippen LogP contribution in [-0.4, -0.2) is 5.78 Å². The molecule has 4 nitrogen and oxygen atoms in total. The smallest absolute Gasteiger partial charge is 0.161 e. The van der Waals surface area contributed by atoms with Crippen LogP contribution in [-0.2, 0) is 24.4 Å². The average Bonchev–Trinajstić information content (AvgIpc) is 2.90. The molecule has 0 spiro atoms. The van der Waals surface area contributed by atoms with Crippen molar-refractivity contribution in [1.29, 1.82) is 0 Å². The van der Waals surface area contributed by atoms with Gasteiger partial charge in [0.05, 0.1) is 0 Å². The molecule has 0 saturated heterocycles. The maximum absolute atomic E-state index is 13.1. The molecule has 4 aromatic rings. The Morgan fingerprint density at radius 3 is 1.92 bits per heavy atom. The van der Waals surface area contributed by atoms with Crippen molar-refractivity contribution < 1.29 is 14.3 Å². The molecule has 1 N–H and O–H groups in total. The van der Waals surface area contributed by atoms with Gasteiger partial charge in [-0.1, -0.05) is 78.4 Å². The molecule has 188 valence electrons. The molecular weight excluding hydrogens is 458 g/mol. The highest BCUT2D eigenvalue weighted by Crippen LogP contribution is 2.31. The van der Waals surface area contributed by atoms with Gasteiger partial charge in [-0.2, -0.15) is 0 Å². The lowest BCUT2D eigenvalue weighted by molar-refractivity contribution is -0.114. The predicted molar refractivity (Wildman–Crippen MR) is 150 cm³/mol. The van der Waals surface area contributed by atoms with Crippen LogP contribution in [0.2, 0.25) is 0 Å². The Morgan fingerprint density at radius 1 is 0.757 bits per heavy atom. The van der Waals surface area contributed by atoms with Gasteiger partial charge in [0.1, 0.15) is 24.7 Å². The lowest BCUT2D eigenvalue weighted by atomic mass is 10.0. The Hall–Kier alpha value is -4.31. The Balaban J connectivity index is 1.52. The van der Waals surface area contributed by atoms with Gasteiger partial charge in [0.2, 0.25) is 0 Å². The van der Waals surface area contributed by atoms with E-state index in [1.54, 1.807) is 6.08 Å². The molecule has 0 aromatic heterocycles. The lowest BCUT2D eigenvalue weighted by Crippen LogP contribution is -2.07. The summed E-state index contributed by atoms with van der Waals surface area (Å²) in [5.41, 5.74) is 6.84. The Labute approximate surface area is 219 Å². The van der Waals surface area contributed by atoms with Crippen molar-refractivity contribution in [2.24, 2.45) is 0 Å². The van der Waals surface area contributed by atoms with Crippen LogP contribution in [0.15, 0.2) is 109 Å². The Morgan fingerprint density at radius 2 is 1.32 bits per heavy atom. The van der Waals surface area contributed by atoms with E-state index in [0.29, 0.717) is 19.0 Å². The first kappa shape index (κ1) is 25.8. The summed E-state index contributed by atoms with van der Waals surface area (Å²) in [6.45, 7) is 6.83. The zero-order valence-electron chi connectivity index (χ0n) is 21.7. The summed E-state index contributed by atoms with van der Waals surface area (Å²) in [6.07, 6.45) is 1.85. The predicted octanol–water partition coefficient (Wildman–Crippen LogP) is 7.59. The summed E-state index contributed by atoms with van der Waals surface area (Å²) < 4.78 is 12.3. The molecule has 0 aliphatic carbocycles. The topological polar surface area (TPSA) is 47.6 Å². The second kappa shape index (κ2) is 12.6. The van der Waals surface area contributed by atoms with E-state index in [1.807, 2.05) is 118 Å². The van der Waals surface area contributed by atoms with Gasteiger partial charge in [-0.15, -0.1) is 0 Å². The van der Waals surface area contributed by atoms with Crippen molar-refractivity contribution in [2.75, 3.05) is 5.32 Å². The highest BCUT2D eigenvalue weighted by Gasteiger charge is 2.14. The summed E-state index contributed by atoms with van der Waals surface area (Å²) >= 11 is 0. The fourth-order valence-corrected chi connectivity index (χ4v) is 3.98. The van der Waals surface area contributed by atoms with Crippen LogP contribution in [0.5, 0.6) is 11.5 Å². The van der Waals surface area contributed by atoms with Crippen molar-refractivity contribution in [3.63, 3.8) is 0 Å². The van der Waals surface area contributed by atoms with E-state index in [0.717, 1.165) is 39.4 Å². The molecule has 4 aromatic carbocycles. The number of allylic oxidation sites excluding steroid dienone is 2. The van der Waals surface area contributed by atoms with Gasteiger partial charge in [-0.3, -0.25) is 4.79 Å². The van der Waals surface area contributed by atoms with E-state index >= 15 is 0 Å². The van der Waals surface area contributed by atoms with Crippen molar-refractivity contribution in [3.05, 3.63) is 137 Å². The van der Waals surface area contributed by atoms with Crippen molar-refractivity contribution in [1.82, 2.24) is 0 Å². The van der Waals surface area contributed by atoms with Crippen LogP contribution >= 0.6 is 0 Å². The minimum Gasteiger partial charge on any atom is -0.489 e. The lowest BCUT2D eigenvalue weighted by Gasteiger charge is -2.16. The molecule has 37 heavy (non-hydrogen) atoms. The second-order valence-corrected chi connectivity index (χ2v) is 9.24. The molecule has 4 heteroatoms. The summed E-state index contributed by atoms with van der Waals surface area (Å²) in [7, 11) is 0. The number of rotatable bonds is 11. The largest absolute Gasteiger partial charge is 0.489 e. The van der Waals surface area contributed by atoms with Crippen LogP contribution in [0.3, 0.4) is 0 Å². The molecule has 0 aliphatic heterocycles. The number of anilines is 1. The fraction of sp³-hybridized carbons (Fsp3) is 0.182. The molecule has 0 radical (unpaired) electrons. The Bertz CT molecular complexity index is 1340. The molecule has 0 atom stereocenters. The van der Waals surface area contributed by atoms with Gasteiger partial charge in [0, 0.05) is 29.4 Å². The van der Waals surface area contributed by atoms with Crippen molar-refractivity contribution >= 4 is 11.5 Å². The molecule has 0 bridgehead atoms. The zero-order valence-corrected chi connectivity index (χ0v) is 21.7. The van der Waals surface area contributed by atoms with E-state index in [9.17, 15) is 4.79 Å². The van der Waals surface area contributed by atoms with Crippen molar-refractivity contribution in [3.8, 4) is 11.5 Å². The van der Waals surface area contributed by atoms with E-state index in [1.165, 1.54) is 5.56 Å². The van der Waals surface area contributed by atoms with E-state index in [-0.39, 0.29) is 12.2 Å². The highest BCUT2D eigenvalue weighted by molar-refractivity contribution is 5.93. The normalized spacial score (nSPS) is 11.2. The fourth-order valence-electron chi connectivity index (χ4n) is 3.98. The second-order valence-electron chi connectivity index (χ2n) is 9.24. The number of hydrogen-bond donors (Lipinski definition) is 1. The number of aryl methyl sites for hydroxylation is 2. The molecule has 0 fully saturated rings. The number of benzene rings is 4. The first-order valence-electron chi connectivity index (χ1n) is 12.5. The minimum atomic E-state index is -0.0143. The highest BCUT2D eigenvalue weighted by atomic mass is 16.5. The zero-order chi connectivity index (χ0) is 26.0. The monoisotopic (exact) mass is 491 g/mol. The quantitative estimate of drug-likeness (QED) is 0.220. The molecule has 0 heterocycles. The summed E-state index contributed by atoms with van der Waals surface area (Å²) in [6, 6.07) is 32.0. The number of carbonyl (C=O) groups is 1. The molecule has 0 unspecified atom stereocenters. The number of ether oxygens (including phenoxy) is 2. The Kier molecular flexibility index (Phi) is 8.77. The SMILES string of the molecule is C/C(=C/C(=O)Cc1cc(OCc2ccccc2)c(C)cc1OCc1ccccc1)Nc1ccc(C)cc1. The van der Waals surface area contributed by atoms with Crippen LogP contribution in [0.25, 0.3) is 0 Å². The van der Waals surface area contributed by atoms with Crippen LogP contribution in [0, 0.1) is 13.8 Å². The number of nitrogens with one attached hydrogen (secondary N) is 1. The van der Waals surface area contributed by atoms with Gasteiger partial charge in [0.25, 0.3) is 0 Å². The molecule has 0 saturated carbocycles. The third kappa shape index (κ3) is 7.84. The van der Waals surface area contributed by atoms with Crippen LogP contribution in [0.4, 0.5) is 5.69 Å². The molecule has 0 aliphatic rings. The standard InChI is InChI=1S/C33H33NO3/c1-24-14-16-30(17-15-24)34-26(3)19-31(35)20-29-21-32(36-22-27-10-6-4-7-11-27)25(2)18-33(29)37-23-28-12-8-5-9-13-28/h4-19,21,34H,20,22-23H2,1-3H3/b26-19-. The third-order valence-corrected chi connectivity index (χ3v) is 5.97. The maximum Gasteiger partial charge on any atom is 0.161 e. The number of carbonyl (C=O) groups excluding carboxylic acids is 1. The van der Waals surface area contributed by atoms with E-state index < -0.39 is 0 Å². The molecular formula is C33H33NO3. The van der Waals surface area contributed by atoms with Gasteiger partial charge in [0.15, 0.2) is 5.78 Å². The van der Waals surface area contributed by atoms with Gasteiger partial charge < -0.3 is 14.8 Å². The minimum absolute atomic E-state index is 0.0143. The van der Waals surface area contributed by atoms with Gasteiger partial charge in [-0.05, 0) is 61.7 Å². The summed E-state index contributed by atoms with van der Waals surface area (Å²) in [5.74, 6) is 1.43. The first-order chi connectivity index (χ1) is 18.0. The molecule has 4 rings (SSSR count). The maximum atomic E-state index is 13.1.